The number of halogens is 1. The smallest absolute Gasteiger partial charge is 0.103 e. The monoisotopic (exact) mass is 274 g/mol. The van der Waals surface area contributed by atoms with Crippen LogP contribution in [0.4, 0.5) is 0 Å². The average Bonchev–Trinajstić information content (AvgIpc) is 2.19. The Balaban J connectivity index is 3.03. The number of rotatable bonds is 4. The van der Waals surface area contributed by atoms with Gasteiger partial charge in [0.2, 0.25) is 0 Å². The molecule has 0 bridgehead atoms. The molecule has 0 aliphatic heterocycles. The van der Waals surface area contributed by atoms with E-state index in [1.165, 1.54) is 7.11 Å². The Morgan fingerprint density at radius 1 is 1.73 bits per heavy atom. The van der Waals surface area contributed by atoms with E-state index in [-0.39, 0.29) is 6.61 Å². The molecule has 0 aliphatic rings. The van der Waals surface area contributed by atoms with Crippen molar-refractivity contribution in [2.75, 3.05) is 13.7 Å². The molecule has 4 nitrogen and oxygen atoms in total. The molecule has 1 aromatic heterocycles. The average molecular weight is 275 g/mol. The van der Waals surface area contributed by atoms with Gasteiger partial charge in [-0.1, -0.05) is 15.9 Å². The van der Waals surface area contributed by atoms with Gasteiger partial charge in [0.15, 0.2) is 0 Å². The first-order valence-electron chi connectivity index (χ1n) is 4.57. The fourth-order valence-corrected chi connectivity index (χ4v) is 1.71. The number of ether oxygens (including phenoxy) is 1. The molecule has 1 rings (SSSR count). The minimum atomic E-state index is -0.812. The van der Waals surface area contributed by atoms with Crippen LogP contribution >= 0.6 is 15.9 Å². The number of methoxy groups -OCH3 is 1. The molecule has 0 saturated heterocycles. The highest BCUT2D eigenvalue weighted by Gasteiger charge is 2.33. The number of aliphatic hydroxyl groups excluding tert-OH is 1. The minimum Gasteiger partial charge on any atom is -0.394 e. The van der Waals surface area contributed by atoms with Crippen LogP contribution in [0.1, 0.15) is 12.6 Å². The van der Waals surface area contributed by atoms with Crippen LogP contribution < -0.4 is 5.73 Å². The SMILES string of the molecule is COC(CO)[C@](C)(N)c1cc(Br)ccn1. The molecule has 1 unspecified atom stereocenters. The largest absolute Gasteiger partial charge is 0.394 e. The summed E-state index contributed by atoms with van der Waals surface area (Å²) in [5.41, 5.74) is 5.97. The van der Waals surface area contributed by atoms with Crippen molar-refractivity contribution in [2.45, 2.75) is 18.6 Å². The molecular formula is C10H15BrN2O2. The first kappa shape index (κ1) is 12.6. The second-order valence-corrected chi connectivity index (χ2v) is 4.46. The van der Waals surface area contributed by atoms with Gasteiger partial charge in [-0.2, -0.15) is 0 Å². The second-order valence-electron chi connectivity index (χ2n) is 3.55. The zero-order chi connectivity index (χ0) is 11.5. The van der Waals surface area contributed by atoms with E-state index in [0.29, 0.717) is 5.69 Å². The molecule has 15 heavy (non-hydrogen) atoms. The summed E-state index contributed by atoms with van der Waals surface area (Å²) >= 11 is 3.35. The van der Waals surface area contributed by atoms with Crippen LogP contribution in [0.25, 0.3) is 0 Å². The topological polar surface area (TPSA) is 68.4 Å². The zero-order valence-electron chi connectivity index (χ0n) is 8.77. The second kappa shape index (κ2) is 5.03. The first-order chi connectivity index (χ1) is 7.02. The standard InChI is InChI=1S/C10H15BrN2O2/c1-10(12,9(6-14)15-2)8-5-7(11)3-4-13-8/h3-5,9,14H,6,12H2,1-2H3/t9?,10-/m1/s1. The molecule has 0 amide bonds. The van der Waals surface area contributed by atoms with Crippen LogP contribution in [0.2, 0.25) is 0 Å². The summed E-state index contributed by atoms with van der Waals surface area (Å²) < 4.78 is 6.03. The highest BCUT2D eigenvalue weighted by Crippen LogP contribution is 2.23. The number of hydrogen-bond acceptors (Lipinski definition) is 4. The molecule has 0 fully saturated rings. The van der Waals surface area contributed by atoms with Gasteiger partial charge in [0.05, 0.1) is 17.8 Å². The zero-order valence-corrected chi connectivity index (χ0v) is 10.4. The van der Waals surface area contributed by atoms with E-state index >= 15 is 0 Å². The Bertz CT molecular complexity index is 327. The van der Waals surface area contributed by atoms with Gasteiger partial charge in [-0.15, -0.1) is 0 Å². The van der Waals surface area contributed by atoms with Gasteiger partial charge in [0, 0.05) is 17.8 Å². The van der Waals surface area contributed by atoms with E-state index in [0.717, 1.165) is 4.47 Å². The molecule has 2 atom stereocenters. The molecule has 0 spiro atoms. The maximum atomic E-state index is 9.15. The Morgan fingerprint density at radius 3 is 2.87 bits per heavy atom. The summed E-state index contributed by atoms with van der Waals surface area (Å²) in [5.74, 6) is 0. The molecule has 3 N–H and O–H groups in total. The van der Waals surface area contributed by atoms with Crippen molar-refractivity contribution in [3.8, 4) is 0 Å². The van der Waals surface area contributed by atoms with Crippen LogP contribution in [0, 0.1) is 0 Å². The van der Waals surface area contributed by atoms with Gasteiger partial charge < -0.3 is 15.6 Å². The Labute approximate surface area is 97.6 Å². The summed E-state index contributed by atoms with van der Waals surface area (Å²) in [6, 6.07) is 3.64. The molecule has 1 heterocycles. The number of aromatic nitrogens is 1. The summed E-state index contributed by atoms with van der Waals surface area (Å²) in [6.45, 7) is 1.64. The van der Waals surface area contributed by atoms with E-state index in [1.807, 2.05) is 12.1 Å². The third-order valence-corrected chi connectivity index (χ3v) is 2.89. The van der Waals surface area contributed by atoms with Crippen LogP contribution in [0.15, 0.2) is 22.8 Å². The van der Waals surface area contributed by atoms with Crippen LogP contribution in [0.3, 0.4) is 0 Å². The third-order valence-electron chi connectivity index (χ3n) is 2.39. The Kier molecular flexibility index (Phi) is 4.21. The van der Waals surface area contributed by atoms with Crippen LogP contribution in [0.5, 0.6) is 0 Å². The number of aliphatic hydroxyl groups is 1. The normalized spacial score (nSPS) is 17.1. The van der Waals surface area contributed by atoms with Crippen molar-refractivity contribution in [1.29, 1.82) is 0 Å². The van der Waals surface area contributed by atoms with Gasteiger partial charge in [0.1, 0.15) is 6.10 Å². The van der Waals surface area contributed by atoms with Gasteiger partial charge >= 0.3 is 0 Å². The molecule has 5 heteroatoms. The van der Waals surface area contributed by atoms with E-state index in [1.54, 1.807) is 13.1 Å². The van der Waals surface area contributed by atoms with Crippen LogP contribution in [-0.4, -0.2) is 29.9 Å². The number of nitrogens with zero attached hydrogens (tertiary/aromatic N) is 1. The van der Waals surface area contributed by atoms with Crippen molar-refractivity contribution in [2.24, 2.45) is 5.73 Å². The molecule has 0 radical (unpaired) electrons. The molecule has 84 valence electrons. The quantitative estimate of drug-likeness (QED) is 0.861. The highest BCUT2D eigenvalue weighted by molar-refractivity contribution is 9.10. The lowest BCUT2D eigenvalue weighted by Crippen LogP contribution is -2.48. The molecule has 0 saturated carbocycles. The van der Waals surface area contributed by atoms with Crippen LogP contribution in [-0.2, 0) is 10.3 Å². The summed E-state index contributed by atoms with van der Waals surface area (Å²) in [5, 5.41) is 9.15. The van der Waals surface area contributed by atoms with Gasteiger partial charge in [-0.25, -0.2) is 0 Å². The van der Waals surface area contributed by atoms with Gasteiger partial charge in [-0.3, -0.25) is 4.98 Å². The first-order valence-corrected chi connectivity index (χ1v) is 5.36. The predicted molar refractivity (Wildman–Crippen MR) is 61.4 cm³/mol. The molecule has 0 aromatic carbocycles. The van der Waals surface area contributed by atoms with Crippen molar-refractivity contribution in [3.05, 3.63) is 28.5 Å². The van der Waals surface area contributed by atoms with E-state index in [2.05, 4.69) is 20.9 Å². The Hall–Kier alpha value is -0.490. The highest BCUT2D eigenvalue weighted by atomic mass is 79.9. The maximum absolute atomic E-state index is 9.15. The lowest BCUT2D eigenvalue weighted by molar-refractivity contribution is -0.00326. The Morgan fingerprint density at radius 2 is 2.40 bits per heavy atom. The summed E-state index contributed by atoms with van der Waals surface area (Å²) in [4.78, 5) is 4.18. The van der Waals surface area contributed by atoms with E-state index < -0.39 is 11.6 Å². The van der Waals surface area contributed by atoms with Crippen molar-refractivity contribution in [1.82, 2.24) is 4.98 Å². The summed E-state index contributed by atoms with van der Waals surface area (Å²) in [7, 11) is 1.52. The number of hydrogen-bond donors (Lipinski definition) is 2. The number of nitrogens with two attached hydrogens (primary N) is 1. The van der Waals surface area contributed by atoms with Crippen molar-refractivity contribution in [3.63, 3.8) is 0 Å². The fraction of sp³-hybridized carbons (Fsp3) is 0.500. The van der Waals surface area contributed by atoms with Gasteiger partial charge in [-0.05, 0) is 19.1 Å². The lowest BCUT2D eigenvalue weighted by atomic mass is 9.92. The third kappa shape index (κ3) is 2.75. The fourth-order valence-electron chi connectivity index (χ4n) is 1.37. The lowest BCUT2D eigenvalue weighted by Gasteiger charge is -2.31. The van der Waals surface area contributed by atoms with Crippen molar-refractivity contribution >= 4 is 15.9 Å². The predicted octanol–water partition coefficient (Wildman–Crippen LogP) is 1.03. The molecule has 0 aliphatic carbocycles. The van der Waals surface area contributed by atoms with E-state index in [9.17, 15) is 0 Å². The molecule has 1 aromatic rings. The minimum absolute atomic E-state index is 0.141. The summed E-state index contributed by atoms with van der Waals surface area (Å²) in [6.07, 6.45) is 1.19. The van der Waals surface area contributed by atoms with E-state index in [4.69, 9.17) is 15.6 Å². The maximum Gasteiger partial charge on any atom is 0.103 e. The molecular weight excluding hydrogens is 260 g/mol. The number of pyridine rings is 1. The van der Waals surface area contributed by atoms with Crippen molar-refractivity contribution < 1.29 is 9.84 Å². The van der Waals surface area contributed by atoms with Gasteiger partial charge in [0.25, 0.3) is 0 Å².